The Bertz CT molecular complexity index is 1290. The molecule has 0 saturated heterocycles. The summed E-state index contributed by atoms with van der Waals surface area (Å²) in [7, 11) is 5.75. The number of hydrogen-bond donors (Lipinski definition) is 3. The van der Waals surface area contributed by atoms with Crippen molar-refractivity contribution in [1.29, 1.82) is 0 Å². The lowest BCUT2D eigenvalue weighted by Crippen LogP contribution is -2.42. The molecule has 1 amide bonds. The van der Waals surface area contributed by atoms with Gasteiger partial charge < -0.3 is 29.8 Å². The SMILES string of the molecule is CCN(c1cc(Cl)cc(C(=O)NCc2c(OC)[nH]c3nc[nH]c3c2=O)c1C)[C@H]1CC[C@H](N(C)C)CC1. The monoisotopic (exact) mass is 514 g/mol. The number of H-pyrrole nitrogens is 2. The first-order chi connectivity index (χ1) is 17.2. The summed E-state index contributed by atoms with van der Waals surface area (Å²) < 4.78 is 5.35. The number of ether oxygens (including phenoxy) is 1. The second-order valence-corrected chi connectivity index (χ2v) is 10.0. The van der Waals surface area contributed by atoms with Crippen LogP contribution in [0.4, 0.5) is 5.69 Å². The lowest BCUT2D eigenvalue weighted by Gasteiger charge is -2.40. The molecule has 9 nitrogen and oxygen atoms in total. The Morgan fingerprint density at radius 3 is 2.56 bits per heavy atom. The number of aromatic nitrogens is 3. The van der Waals surface area contributed by atoms with Gasteiger partial charge in [-0.15, -0.1) is 0 Å². The van der Waals surface area contributed by atoms with Gasteiger partial charge in [-0.3, -0.25) is 9.59 Å². The number of nitrogens with one attached hydrogen (secondary N) is 3. The predicted octanol–water partition coefficient (Wildman–Crippen LogP) is 3.85. The summed E-state index contributed by atoms with van der Waals surface area (Å²) in [5.74, 6) is -0.0244. The Morgan fingerprint density at radius 2 is 1.92 bits per heavy atom. The molecular formula is C26H35ClN6O3. The van der Waals surface area contributed by atoms with E-state index in [2.05, 4.69) is 51.1 Å². The van der Waals surface area contributed by atoms with Crippen LogP contribution in [0.15, 0.2) is 23.3 Å². The zero-order valence-corrected chi connectivity index (χ0v) is 22.3. The third kappa shape index (κ3) is 5.08. The van der Waals surface area contributed by atoms with E-state index in [0.717, 1.165) is 43.5 Å². The summed E-state index contributed by atoms with van der Waals surface area (Å²) in [5, 5.41) is 3.39. The van der Waals surface area contributed by atoms with Crippen LogP contribution in [-0.2, 0) is 6.54 Å². The van der Waals surface area contributed by atoms with Gasteiger partial charge >= 0.3 is 0 Å². The molecule has 0 aliphatic heterocycles. The van der Waals surface area contributed by atoms with Gasteiger partial charge in [0, 0.05) is 34.9 Å². The summed E-state index contributed by atoms with van der Waals surface area (Å²) in [4.78, 5) is 40.8. The molecule has 1 aliphatic rings. The van der Waals surface area contributed by atoms with Crippen LogP contribution in [0, 0.1) is 6.92 Å². The van der Waals surface area contributed by atoms with Crippen LogP contribution in [0.1, 0.15) is 54.1 Å². The highest BCUT2D eigenvalue weighted by atomic mass is 35.5. The number of hydrogen-bond acceptors (Lipinski definition) is 6. The van der Waals surface area contributed by atoms with Crippen molar-refractivity contribution in [2.24, 2.45) is 0 Å². The third-order valence-corrected chi connectivity index (χ3v) is 7.57. The minimum absolute atomic E-state index is 0.000369. The van der Waals surface area contributed by atoms with Crippen molar-refractivity contribution in [2.45, 2.75) is 58.2 Å². The van der Waals surface area contributed by atoms with E-state index in [1.807, 2.05) is 13.0 Å². The number of carbonyl (C=O) groups excluding carboxylic acids is 1. The van der Waals surface area contributed by atoms with E-state index in [0.29, 0.717) is 39.4 Å². The van der Waals surface area contributed by atoms with Gasteiger partial charge in [-0.25, -0.2) is 4.98 Å². The normalized spacial score (nSPS) is 18.0. The molecule has 0 atom stereocenters. The summed E-state index contributed by atoms with van der Waals surface area (Å²) in [6, 6.07) is 4.66. The van der Waals surface area contributed by atoms with Crippen LogP contribution >= 0.6 is 11.6 Å². The number of anilines is 1. The average Bonchev–Trinajstić information content (AvgIpc) is 3.34. The smallest absolute Gasteiger partial charge is 0.251 e. The Labute approximate surface area is 216 Å². The second-order valence-electron chi connectivity index (χ2n) is 9.58. The number of nitrogens with zero attached hydrogens (tertiary/aromatic N) is 3. The van der Waals surface area contributed by atoms with Crippen LogP contribution in [0.5, 0.6) is 5.88 Å². The van der Waals surface area contributed by atoms with Crippen LogP contribution in [0.2, 0.25) is 5.02 Å². The largest absolute Gasteiger partial charge is 0.482 e. The Hall–Kier alpha value is -3.04. The number of methoxy groups -OCH3 is 1. The first-order valence-electron chi connectivity index (χ1n) is 12.4. The van der Waals surface area contributed by atoms with Crippen molar-refractivity contribution in [3.63, 3.8) is 0 Å². The number of rotatable bonds is 8. The quantitative estimate of drug-likeness (QED) is 0.421. The lowest BCUT2D eigenvalue weighted by atomic mass is 9.89. The molecule has 0 bridgehead atoms. The van der Waals surface area contributed by atoms with E-state index < -0.39 is 0 Å². The fourth-order valence-electron chi connectivity index (χ4n) is 5.31. The molecule has 3 aromatic rings. The van der Waals surface area contributed by atoms with Crippen molar-refractivity contribution in [1.82, 2.24) is 25.2 Å². The van der Waals surface area contributed by atoms with Crippen molar-refractivity contribution in [3.05, 3.63) is 50.4 Å². The van der Waals surface area contributed by atoms with E-state index in [4.69, 9.17) is 16.3 Å². The van der Waals surface area contributed by atoms with Crippen LogP contribution in [0.3, 0.4) is 0 Å². The summed E-state index contributed by atoms with van der Waals surface area (Å²) >= 11 is 6.51. The van der Waals surface area contributed by atoms with Crippen LogP contribution < -0.4 is 20.4 Å². The molecule has 1 aromatic carbocycles. The third-order valence-electron chi connectivity index (χ3n) is 7.35. The Morgan fingerprint density at radius 1 is 1.22 bits per heavy atom. The van der Waals surface area contributed by atoms with E-state index >= 15 is 0 Å². The Kier molecular flexibility index (Phi) is 7.90. The van der Waals surface area contributed by atoms with Gasteiger partial charge in [0.2, 0.25) is 11.3 Å². The van der Waals surface area contributed by atoms with Gasteiger partial charge in [0.05, 0.1) is 25.5 Å². The summed E-state index contributed by atoms with van der Waals surface area (Å²) in [6.07, 6.45) is 5.94. The molecule has 1 fully saturated rings. The van der Waals surface area contributed by atoms with E-state index in [-0.39, 0.29) is 23.8 Å². The highest BCUT2D eigenvalue weighted by Crippen LogP contribution is 2.34. The zero-order chi connectivity index (χ0) is 26.0. The molecule has 1 aliphatic carbocycles. The van der Waals surface area contributed by atoms with Gasteiger partial charge in [-0.2, -0.15) is 0 Å². The van der Waals surface area contributed by atoms with Gasteiger partial charge in [0.1, 0.15) is 5.52 Å². The molecular weight excluding hydrogens is 480 g/mol. The number of aromatic amines is 2. The lowest BCUT2D eigenvalue weighted by molar-refractivity contribution is 0.0950. The van der Waals surface area contributed by atoms with Gasteiger partial charge in [-0.05, 0) is 71.3 Å². The molecule has 0 radical (unpaired) electrons. The fourth-order valence-corrected chi connectivity index (χ4v) is 5.52. The number of benzene rings is 1. The van der Waals surface area contributed by atoms with Crippen molar-refractivity contribution < 1.29 is 9.53 Å². The van der Waals surface area contributed by atoms with Gasteiger partial charge in [0.25, 0.3) is 5.91 Å². The topological polar surface area (TPSA) is 106 Å². The number of halogens is 1. The maximum atomic E-state index is 13.3. The highest BCUT2D eigenvalue weighted by molar-refractivity contribution is 6.31. The Balaban J connectivity index is 1.57. The molecule has 0 spiro atoms. The molecule has 194 valence electrons. The summed E-state index contributed by atoms with van der Waals surface area (Å²) in [5.41, 5.74) is 3.14. The van der Waals surface area contributed by atoms with Crippen molar-refractivity contribution in [2.75, 3.05) is 32.6 Å². The number of imidazole rings is 1. The predicted molar refractivity (Wildman–Crippen MR) is 143 cm³/mol. The highest BCUT2D eigenvalue weighted by Gasteiger charge is 2.28. The van der Waals surface area contributed by atoms with Crippen molar-refractivity contribution in [3.8, 4) is 5.88 Å². The minimum atomic E-state index is -0.297. The molecule has 1 saturated carbocycles. The van der Waals surface area contributed by atoms with E-state index in [1.165, 1.54) is 13.4 Å². The maximum Gasteiger partial charge on any atom is 0.251 e. The fraction of sp³-hybridized carbons (Fsp3) is 0.500. The number of carbonyl (C=O) groups is 1. The first-order valence-corrected chi connectivity index (χ1v) is 12.8. The molecule has 4 rings (SSSR count). The molecule has 10 heteroatoms. The minimum Gasteiger partial charge on any atom is -0.482 e. The van der Waals surface area contributed by atoms with Crippen molar-refractivity contribution >= 4 is 34.4 Å². The summed E-state index contributed by atoms with van der Waals surface area (Å²) in [6.45, 7) is 4.93. The molecule has 0 unspecified atom stereocenters. The molecule has 36 heavy (non-hydrogen) atoms. The van der Waals surface area contributed by atoms with Gasteiger partial charge in [-0.1, -0.05) is 11.6 Å². The van der Waals surface area contributed by atoms with Crippen LogP contribution in [0.25, 0.3) is 11.2 Å². The van der Waals surface area contributed by atoms with Crippen LogP contribution in [-0.4, -0.2) is 65.6 Å². The maximum absolute atomic E-state index is 13.3. The zero-order valence-electron chi connectivity index (χ0n) is 21.6. The second kappa shape index (κ2) is 10.9. The molecule has 3 N–H and O–H groups in total. The average molecular weight is 515 g/mol. The number of amides is 1. The van der Waals surface area contributed by atoms with E-state index in [1.54, 1.807) is 6.07 Å². The van der Waals surface area contributed by atoms with E-state index in [9.17, 15) is 9.59 Å². The number of pyridine rings is 1. The number of fused-ring (bicyclic) bond motifs is 1. The standard InChI is InChI=1S/C26H35ClN6O3/c1-6-33(18-9-7-17(8-10-18)32(3)4)21-12-16(27)11-19(15(21)2)25(35)28-13-20-23(34)22-24(30-14-29-22)31-26(20)36-5/h11-12,14,17-18H,6-10,13H2,1-5H3,(H,28,35)(H2,29,30,31,34)/t17-,18-. The molecule has 2 heterocycles. The molecule has 2 aromatic heterocycles. The first kappa shape index (κ1) is 26.0. The van der Waals surface area contributed by atoms with Gasteiger partial charge in [0.15, 0.2) is 5.65 Å².